The summed E-state index contributed by atoms with van der Waals surface area (Å²) in [5.74, 6) is -0.0950. The Morgan fingerprint density at radius 3 is 2.73 bits per heavy atom. The smallest absolute Gasteiger partial charge is 0.317 e. The molecule has 1 saturated carbocycles. The zero-order valence-corrected chi connectivity index (χ0v) is 23.5. The molecule has 13 heteroatoms. The number of nitrogens with zero attached hydrogens (tertiary/aromatic N) is 6. The Labute approximate surface area is 234 Å². The number of rotatable bonds is 8. The van der Waals surface area contributed by atoms with Crippen LogP contribution in [0.1, 0.15) is 51.5 Å². The number of carbonyl (C=O) groups excluding carboxylic acids is 3. The number of ether oxygens (including phenoxy) is 1. The summed E-state index contributed by atoms with van der Waals surface area (Å²) in [4.78, 5) is 42.2. The van der Waals surface area contributed by atoms with Crippen molar-refractivity contribution in [2.24, 2.45) is 5.92 Å². The van der Waals surface area contributed by atoms with Crippen molar-refractivity contribution in [1.29, 1.82) is 0 Å². The normalized spacial score (nSPS) is 20.8. The Bertz CT molecular complexity index is 1150. The van der Waals surface area contributed by atoms with Crippen molar-refractivity contribution in [3.8, 4) is 5.75 Å². The summed E-state index contributed by atoms with van der Waals surface area (Å²) in [6.07, 6.45) is 6.42. The van der Waals surface area contributed by atoms with Crippen LogP contribution in [0.25, 0.3) is 0 Å². The number of tetrazole rings is 1. The van der Waals surface area contributed by atoms with E-state index in [2.05, 4.69) is 26.2 Å². The van der Waals surface area contributed by atoms with Gasteiger partial charge in [0.1, 0.15) is 24.7 Å². The number of amides is 4. The van der Waals surface area contributed by atoms with Gasteiger partial charge in [-0.25, -0.2) is 9.48 Å². The minimum Gasteiger partial charge on any atom is -0.488 e. The van der Waals surface area contributed by atoms with Crippen LogP contribution in [-0.2, 0) is 22.6 Å². The summed E-state index contributed by atoms with van der Waals surface area (Å²) >= 11 is 0. The Balaban J connectivity index is 1.53. The first kappa shape index (κ1) is 29.2. The standard InChI is InChI=1S/C27H40N8O5/c1-18-13-35(19(2)16-36)26(38)12-20-11-22(29-25(37)15-34-17-28-31-32-34)9-10-23(20)40-24(18)14-33(3)27(39)30-21-7-5-4-6-8-21/h9-11,17-19,21,24,36H,4-8,12-16H2,1-3H3,(H,29,37)(H,30,39)/t18-,19+,24+/m1/s1. The van der Waals surface area contributed by atoms with Crippen molar-refractivity contribution < 1.29 is 24.2 Å². The van der Waals surface area contributed by atoms with Crippen LogP contribution in [0.4, 0.5) is 10.5 Å². The van der Waals surface area contributed by atoms with Gasteiger partial charge >= 0.3 is 6.03 Å². The van der Waals surface area contributed by atoms with Crippen molar-refractivity contribution in [3.05, 3.63) is 30.1 Å². The number of hydrogen-bond donors (Lipinski definition) is 3. The van der Waals surface area contributed by atoms with Gasteiger partial charge in [0.25, 0.3) is 0 Å². The van der Waals surface area contributed by atoms with E-state index in [0.29, 0.717) is 30.1 Å². The average molecular weight is 557 g/mol. The number of carbonyl (C=O) groups is 3. The third kappa shape index (κ3) is 7.68. The first-order valence-electron chi connectivity index (χ1n) is 14.0. The van der Waals surface area contributed by atoms with Gasteiger partial charge in [0.15, 0.2) is 0 Å². The molecule has 1 aliphatic heterocycles. The Morgan fingerprint density at radius 2 is 2.02 bits per heavy atom. The molecule has 13 nitrogen and oxygen atoms in total. The quantitative estimate of drug-likeness (QED) is 0.441. The van der Waals surface area contributed by atoms with Gasteiger partial charge in [-0.05, 0) is 48.4 Å². The number of hydrogen-bond acceptors (Lipinski definition) is 8. The molecule has 1 aromatic carbocycles. The summed E-state index contributed by atoms with van der Waals surface area (Å²) in [5, 5.41) is 26.6. The highest BCUT2D eigenvalue weighted by Crippen LogP contribution is 2.29. The van der Waals surface area contributed by atoms with Gasteiger partial charge in [-0.15, -0.1) is 5.10 Å². The zero-order chi connectivity index (χ0) is 28.6. The number of urea groups is 1. The van der Waals surface area contributed by atoms with Gasteiger partial charge in [-0.3, -0.25) is 9.59 Å². The molecule has 4 rings (SSSR count). The monoisotopic (exact) mass is 556 g/mol. The maximum atomic E-state index is 13.4. The molecule has 3 atom stereocenters. The van der Waals surface area contributed by atoms with Gasteiger partial charge in [0.05, 0.1) is 25.6 Å². The van der Waals surface area contributed by atoms with Crippen LogP contribution in [0.3, 0.4) is 0 Å². The fraction of sp³-hybridized carbons (Fsp3) is 0.630. The van der Waals surface area contributed by atoms with E-state index in [1.54, 1.807) is 42.0 Å². The van der Waals surface area contributed by atoms with Crippen LogP contribution in [-0.4, -0.2) is 97.9 Å². The number of anilines is 1. The lowest BCUT2D eigenvalue weighted by Gasteiger charge is -2.34. The first-order chi connectivity index (χ1) is 19.2. The second-order valence-corrected chi connectivity index (χ2v) is 10.9. The summed E-state index contributed by atoms with van der Waals surface area (Å²) in [5.41, 5.74) is 1.11. The van der Waals surface area contributed by atoms with E-state index >= 15 is 0 Å². The van der Waals surface area contributed by atoms with Crippen molar-refractivity contribution in [3.63, 3.8) is 0 Å². The van der Waals surface area contributed by atoms with Gasteiger partial charge in [0, 0.05) is 36.8 Å². The van der Waals surface area contributed by atoms with Crippen LogP contribution < -0.4 is 15.4 Å². The van der Waals surface area contributed by atoms with Crippen LogP contribution in [0, 0.1) is 5.92 Å². The second kappa shape index (κ2) is 13.6. The van der Waals surface area contributed by atoms with Crippen LogP contribution >= 0.6 is 0 Å². The van der Waals surface area contributed by atoms with Crippen LogP contribution in [0.15, 0.2) is 24.5 Å². The molecule has 218 valence electrons. The zero-order valence-electron chi connectivity index (χ0n) is 23.5. The summed E-state index contributed by atoms with van der Waals surface area (Å²) < 4.78 is 7.80. The molecule has 2 aliphatic rings. The number of aliphatic hydroxyl groups is 1. The Morgan fingerprint density at radius 1 is 1.25 bits per heavy atom. The molecule has 2 aromatic rings. The van der Waals surface area contributed by atoms with Crippen LogP contribution in [0.5, 0.6) is 5.75 Å². The molecule has 3 N–H and O–H groups in total. The molecule has 0 bridgehead atoms. The molecular weight excluding hydrogens is 516 g/mol. The van der Waals surface area contributed by atoms with Crippen molar-refractivity contribution in [1.82, 2.24) is 35.3 Å². The minimum atomic E-state index is -0.416. The predicted octanol–water partition coefficient (Wildman–Crippen LogP) is 1.43. The van der Waals surface area contributed by atoms with Crippen LogP contribution in [0.2, 0.25) is 0 Å². The molecule has 0 radical (unpaired) electrons. The molecule has 0 spiro atoms. The number of nitrogens with one attached hydrogen (secondary N) is 2. The largest absolute Gasteiger partial charge is 0.488 e. The van der Waals surface area contributed by atoms with E-state index in [1.165, 1.54) is 17.4 Å². The molecular formula is C27H40N8O5. The van der Waals surface area contributed by atoms with E-state index in [4.69, 9.17) is 4.74 Å². The molecule has 1 aliphatic carbocycles. The van der Waals surface area contributed by atoms with Gasteiger partial charge < -0.3 is 30.3 Å². The van der Waals surface area contributed by atoms with E-state index in [9.17, 15) is 19.5 Å². The molecule has 1 aromatic heterocycles. The lowest BCUT2D eigenvalue weighted by atomic mass is 9.96. The van der Waals surface area contributed by atoms with E-state index in [1.807, 2.05) is 6.92 Å². The van der Waals surface area contributed by atoms with Crippen molar-refractivity contribution >= 4 is 23.5 Å². The number of fused-ring (bicyclic) bond motifs is 1. The Hall–Kier alpha value is -3.74. The summed E-state index contributed by atoms with van der Waals surface area (Å²) in [6.45, 7) is 4.25. The maximum absolute atomic E-state index is 13.4. The molecule has 1 fully saturated rings. The molecule has 40 heavy (non-hydrogen) atoms. The van der Waals surface area contributed by atoms with Crippen molar-refractivity contribution in [2.45, 2.75) is 77.1 Å². The Kier molecular flexibility index (Phi) is 9.91. The van der Waals surface area contributed by atoms with Crippen molar-refractivity contribution in [2.75, 3.05) is 32.1 Å². The fourth-order valence-electron chi connectivity index (χ4n) is 5.21. The highest BCUT2D eigenvalue weighted by Gasteiger charge is 2.32. The van der Waals surface area contributed by atoms with Gasteiger partial charge in [-0.1, -0.05) is 26.2 Å². The average Bonchev–Trinajstić information content (AvgIpc) is 3.45. The van der Waals surface area contributed by atoms with E-state index in [0.717, 1.165) is 25.7 Å². The molecule has 0 unspecified atom stereocenters. The minimum absolute atomic E-state index is 0.0355. The molecule has 4 amide bonds. The van der Waals surface area contributed by atoms with Gasteiger partial charge in [-0.2, -0.15) is 0 Å². The fourth-order valence-corrected chi connectivity index (χ4v) is 5.21. The number of benzene rings is 1. The topological polar surface area (TPSA) is 155 Å². The number of aromatic nitrogens is 4. The number of aliphatic hydroxyl groups excluding tert-OH is 1. The second-order valence-electron chi connectivity index (χ2n) is 10.9. The molecule has 2 heterocycles. The third-order valence-corrected chi connectivity index (χ3v) is 7.63. The predicted molar refractivity (Wildman–Crippen MR) is 146 cm³/mol. The highest BCUT2D eigenvalue weighted by molar-refractivity contribution is 5.91. The first-order valence-corrected chi connectivity index (χ1v) is 14.0. The summed E-state index contributed by atoms with van der Waals surface area (Å²) in [7, 11) is 1.75. The third-order valence-electron chi connectivity index (χ3n) is 7.63. The highest BCUT2D eigenvalue weighted by atomic mass is 16.5. The number of likely N-dealkylation sites (N-methyl/N-ethyl adjacent to an activating group) is 1. The molecule has 0 saturated heterocycles. The lowest BCUT2D eigenvalue weighted by Crippen LogP contribution is -2.50. The lowest BCUT2D eigenvalue weighted by molar-refractivity contribution is -0.134. The maximum Gasteiger partial charge on any atom is 0.317 e. The SMILES string of the molecule is C[C@@H]1CN([C@@H](C)CO)C(=O)Cc2cc(NC(=O)Cn3cnnn3)ccc2O[C@H]1CN(C)C(=O)NC1CCCCC1. The summed E-state index contributed by atoms with van der Waals surface area (Å²) in [6, 6.07) is 4.84. The van der Waals surface area contributed by atoms with Gasteiger partial charge in [0.2, 0.25) is 11.8 Å². The van der Waals surface area contributed by atoms with E-state index < -0.39 is 6.10 Å². The van der Waals surface area contributed by atoms with E-state index in [-0.39, 0.29) is 55.4 Å².